The van der Waals surface area contributed by atoms with Crippen molar-refractivity contribution in [2.45, 2.75) is 12.5 Å². The van der Waals surface area contributed by atoms with Crippen LogP contribution in [0.5, 0.6) is 11.5 Å². The van der Waals surface area contributed by atoms with E-state index < -0.39 is 41.3 Å². The Bertz CT molecular complexity index is 540. The highest BCUT2D eigenvalue weighted by atomic mass is 19.4. The number of aromatic nitrogens is 1. The number of halogens is 6. The first kappa shape index (κ1) is 16.9. The van der Waals surface area contributed by atoms with Crippen LogP contribution < -0.4 is 9.47 Å². The molecule has 0 N–H and O–H groups in total. The smallest absolute Gasteiger partial charge is 0.493 e. The van der Waals surface area contributed by atoms with Crippen LogP contribution in [0, 0.1) is 0 Å². The third-order valence-corrected chi connectivity index (χ3v) is 2.09. The maximum atomic E-state index is 12.9. The van der Waals surface area contributed by atoms with E-state index in [2.05, 4.69) is 19.2 Å². The van der Waals surface area contributed by atoms with Crippen molar-refractivity contribution in [3.63, 3.8) is 0 Å². The predicted molar refractivity (Wildman–Crippen MR) is 53.8 cm³/mol. The molecule has 5 nitrogen and oxygen atoms in total. The van der Waals surface area contributed by atoms with Gasteiger partial charge in [-0.1, -0.05) is 0 Å². The molecule has 118 valence electrons. The number of carbonyl (C=O) groups is 1. The summed E-state index contributed by atoms with van der Waals surface area (Å²) in [6, 6.07) is 0. The summed E-state index contributed by atoms with van der Waals surface area (Å²) in [5.41, 5.74) is -2.85. The van der Waals surface area contributed by atoms with Crippen molar-refractivity contribution < 1.29 is 45.3 Å². The second-order valence-corrected chi connectivity index (χ2v) is 3.42. The van der Waals surface area contributed by atoms with Crippen molar-refractivity contribution >= 4 is 5.97 Å². The minimum absolute atomic E-state index is 0.116. The van der Waals surface area contributed by atoms with Crippen LogP contribution in [0.3, 0.4) is 0 Å². The quantitative estimate of drug-likeness (QED) is 0.633. The average molecular weight is 319 g/mol. The highest BCUT2D eigenvalue weighted by Crippen LogP contribution is 2.44. The van der Waals surface area contributed by atoms with Gasteiger partial charge in [0.25, 0.3) is 0 Å². The van der Waals surface area contributed by atoms with Gasteiger partial charge in [0.05, 0.1) is 20.4 Å². The van der Waals surface area contributed by atoms with Gasteiger partial charge in [0.2, 0.25) is 0 Å². The second kappa shape index (κ2) is 5.66. The van der Waals surface area contributed by atoms with Crippen LogP contribution in [-0.4, -0.2) is 31.5 Å². The minimum atomic E-state index is -5.38. The first-order chi connectivity index (χ1) is 9.51. The second-order valence-electron chi connectivity index (χ2n) is 3.42. The maximum absolute atomic E-state index is 12.9. The fourth-order valence-corrected chi connectivity index (χ4v) is 1.39. The molecule has 0 radical (unpaired) electrons. The van der Waals surface area contributed by atoms with Crippen LogP contribution in [0.1, 0.15) is 16.1 Å². The standard InChI is InChI=1S/C10H7F6NO4/c1-19-7-5(9(11,12)13)4(21-10(14,15)16)3-17-6(7)8(18)20-2/h3H,1-2H3. The van der Waals surface area contributed by atoms with Gasteiger partial charge in [-0.25, -0.2) is 9.78 Å². The number of alkyl halides is 6. The monoisotopic (exact) mass is 319 g/mol. The largest absolute Gasteiger partial charge is 0.573 e. The van der Waals surface area contributed by atoms with Gasteiger partial charge < -0.3 is 14.2 Å². The number of esters is 1. The highest BCUT2D eigenvalue weighted by molar-refractivity contribution is 5.91. The van der Waals surface area contributed by atoms with Crippen molar-refractivity contribution in [3.8, 4) is 11.5 Å². The molecule has 0 aliphatic heterocycles. The summed E-state index contributed by atoms with van der Waals surface area (Å²) in [4.78, 5) is 14.4. The number of hydrogen-bond acceptors (Lipinski definition) is 5. The topological polar surface area (TPSA) is 57.7 Å². The lowest BCUT2D eigenvalue weighted by molar-refractivity contribution is -0.276. The van der Waals surface area contributed by atoms with Crippen molar-refractivity contribution in [2.24, 2.45) is 0 Å². The fourth-order valence-electron chi connectivity index (χ4n) is 1.39. The van der Waals surface area contributed by atoms with Crippen LogP contribution in [0.4, 0.5) is 26.3 Å². The molecule has 0 aromatic carbocycles. The molecule has 1 aromatic heterocycles. The zero-order chi connectivity index (χ0) is 16.4. The number of methoxy groups -OCH3 is 2. The van der Waals surface area contributed by atoms with E-state index in [0.717, 1.165) is 14.2 Å². The lowest BCUT2D eigenvalue weighted by Gasteiger charge is -2.18. The molecule has 1 heterocycles. The predicted octanol–water partition coefficient (Wildman–Crippen LogP) is 2.79. The molecule has 0 aliphatic carbocycles. The van der Waals surface area contributed by atoms with Crippen molar-refractivity contribution in [2.75, 3.05) is 14.2 Å². The van der Waals surface area contributed by atoms with Gasteiger partial charge in [0.1, 0.15) is 5.56 Å². The Hall–Kier alpha value is -2.20. The molecule has 0 fully saturated rings. The van der Waals surface area contributed by atoms with Gasteiger partial charge in [-0.2, -0.15) is 13.2 Å². The molecule has 0 saturated heterocycles. The van der Waals surface area contributed by atoms with Crippen LogP contribution in [0.25, 0.3) is 0 Å². The molecule has 0 aliphatic rings. The van der Waals surface area contributed by atoms with Crippen molar-refractivity contribution in [1.29, 1.82) is 0 Å². The third-order valence-electron chi connectivity index (χ3n) is 2.09. The molecule has 0 atom stereocenters. The Morgan fingerprint density at radius 2 is 1.71 bits per heavy atom. The molecular formula is C10H7F6NO4. The van der Waals surface area contributed by atoms with Gasteiger partial charge in [-0.05, 0) is 0 Å². The number of ether oxygens (including phenoxy) is 3. The van der Waals surface area contributed by atoms with Crippen molar-refractivity contribution in [1.82, 2.24) is 4.98 Å². The van der Waals surface area contributed by atoms with E-state index in [4.69, 9.17) is 0 Å². The number of hydrogen-bond donors (Lipinski definition) is 0. The Morgan fingerprint density at radius 1 is 1.14 bits per heavy atom. The molecule has 0 unspecified atom stereocenters. The van der Waals surface area contributed by atoms with E-state index in [9.17, 15) is 31.1 Å². The fraction of sp³-hybridized carbons (Fsp3) is 0.400. The molecule has 0 spiro atoms. The molecule has 0 amide bonds. The number of nitrogens with zero attached hydrogens (tertiary/aromatic N) is 1. The SMILES string of the molecule is COC(=O)c1ncc(OC(F)(F)F)c(C(F)(F)F)c1OC. The third kappa shape index (κ3) is 3.89. The summed E-state index contributed by atoms with van der Waals surface area (Å²) < 4.78 is 86.9. The van der Waals surface area contributed by atoms with E-state index in [1.165, 1.54) is 0 Å². The zero-order valence-corrected chi connectivity index (χ0v) is 10.4. The van der Waals surface area contributed by atoms with E-state index in [1.807, 2.05) is 0 Å². The average Bonchev–Trinajstić information content (AvgIpc) is 2.33. The van der Waals surface area contributed by atoms with Crippen LogP contribution in [0.2, 0.25) is 0 Å². The first-order valence-corrected chi connectivity index (χ1v) is 4.99. The van der Waals surface area contributed by atoms with Crippen molar-refractivity contribution in [3.05, 3.63) is 17.5 Å². The van der Waals surface area contributed by atoms with E-state index in [0.29, 0.717) is 0 Å². The molecule has 0 saturated carbocycles. The lowest BCUT2D eigenvalue weighted by atomic mass is 10.1. The zero-order valence-electron chi connectivity index (χ0n) is 10.4. The van der Waals surface area contributed by atoms with Gasteiger partial charge in [-0.15, -0.1) is 13.2 Å². The van der Waals surface area contributed by atoms with Crippen LogP contribution in [0.15, 0.2) is 6.20 Å². The summed E-state index contributed by atoms with van der Waals surface area (Å²) in [6.45, 7) is 0. The molecule has 11 heteroatoms. The van der Waals surface area contributed by atoms with Gasteiger partial charge in [0, 0.05) is 0 Å². The Kier molecular flexibility index (Phi) is 4.54. The van der Waals surface area contributed by atoms with E-state index in [-0.39, 0.29) is 6.20 Å². The summed E-state index contributed by atoms with van der Waals surface area (Å²) in [5, 5.41) is 0. The number of rotatable bonds is 3. The molecular weight excluding hydrogens is 312 g/mol. The lowest BCUT2D eigenvalue weighted by Crippen LogP contribution is -2.22. The molecule has 21 heavy (non-hydrogen) atoms. The molecule has 1 aromatic rings. The van der Waals surface area contributed by atoms with E-state index in [1.54, 1.807) is 0 Å². The van der Waals surface area contributed by atoms with Crippen LogP contribution >= 0.6 is 0 Å². The summed E-state index contributed by atoms with van der Waals surface area (Å²) in [7, 11) is 1.59. The Balaban J connectivity index is 3.58. The minimum Gasteiger partial charge on any atom is -0.493 e. The number of carbonyl (C=O) groups excluding carboxylic acids is 1. The normalized spacial score (nSPS) is 12.0. The first-order valence-electron chi connectivity index (χ1n) is 4.99. The Morgan fingerprint density at radius 3 is 2.10 bits per heavy atom. The molecule has 0 bridgehead atoms. The van der Waals surface area contributed by atoms with Gasteiger partial charge in [-0.3, -0.25) is 0 Å². The van der Waals surface area contributed by atoms with E-state index >= 15 is 0 Å². The van der Waals surface area contributed by atoms with Crippen LogP contribution in [-0.2, 0) is 10.9 Å². The summed E-state index contributed by atoms with van der Waals surface area (Å²) >= 11 is 0. The number of pyridine rings is 1. The van der Waals surface area contributed by atoms with Gasteiger partial charge >= 0.3 is 18.5 Å². The Labute approximate surface area is 113 Å². The highest BCUT2D eigenvalue weighted by Gasteiger charge is 2.44. The summed E-state index contributed by atoms with van der Waals surface area (Å²) in [5.74, 6) is -4.17. The maximum Gasteiger partial charge on any atom is 0.573 e. The van der Waals surface area contributed by atoms with Gasteiger partial charge in [0.15, 0.2) is 17.2 Å². The summed E-state index contributed by atoms with van der Waals surface area (Å²) in [6.07, 6.45) is -10.5. The molecule has 1 rings (SSSR count).